The second-order valence-electron chi connectivity index (χ2n) is 7.81. The number of benzene rings is 1. The fourth-order valence-electron chi connectivity index (χ4n) is 3.38. The van der Waals surface area contributed by atoms with E-state index in [-0.39, 0.29) is 11.8 Å². The lowest BCUT2D eigenvalue weighted by molar-refractivity contribution is -0.116. The zero-order valence-corrected chi connectivity index (χ0v) is 18.7. The van der Waals surface area contributed by atoms with Gasteiger partial charge in [-0.15, -0.1) is 0 Å². The van der Waals surface area contributed by atoms with Crippen LogP contribution in [0.1, 0.15) is 58.3 Å². The number of aromatic nitrogens is 1. The minimum absolute atomic E-state index is 0.000965. The summed E-state index contributed by atoms with van der Waals surface area (Å²) >= 11 is 0. The van der Waals surface area contributed by atoms with Crippen LogP contribution in [-0.4, -0.2) is 41.3 Å². The summed E-state index contributed by atoms with van der Waals surface area (Å²) in [5.74, 6) is -0.0337. The molecule has 0 bridgehead atoms. The summed E-state index contributed by atoms with van der Waals surface area (Å²) in [6.45, 7) is 4.41. The van der Waals surface area contributed by atoms with Crippen molar-refractivity contribution in [1.29, 1.82) is 0 Å². The Balaban J connectivity index is 1.77. The number of carbonyl (C=O) groups is 2. The third-order valence-electron chi connectivity index (χ3n) is 5.14. The van der Waals surface area contributed by atoms with Crippen LogP contribution < -0.4 is 10.6 Å². The molecule has 0 aliphatic rings. The van der Waals surface area contributed by atoms with Gasteiger partial charge in [-0.05, 0) is 37.2 Å². The van der Waals surface area contributed by atoms with E-state index in [1.54, 1.807) is 18.5 Å². The van der Waals surface area contributed by atoms with Crippen LogP contribution in [0.5, 0.6) is 0 Å². The number of amides is 2. The molecule has 1 aromatic carbocycles. The molecule has 0 fully saturated rings. The van der Waals surface area contributed by atoms with Crippen LogP contribution in [0.4, 0.5) is 11.4 Å². The maximum atomic E-state index is 12.3. The number of hydrogen-bond donors (Lipinski definition) is 2. The number of para-hydroxylation sites is 1. The molecule has 2 aromatic rings. The molecule has 2 rings (SSSR count). The molecule has 2 N–H and O–H groups in total. The van der Waals surface area contributed by atoms with Crippen LogP contribution >= 0.6 is 0 Å². The van der Waals surface area contributed by atoms with Gasteiger partial charge in [0.2, 0.25) is 11.8 Å². The second kappa shape index (κ2) is 15.1. The zero-order chi connectivity index (χ0) is 22.2. The van der Waals surface area contributed by atoms with E-state index in [4.69, 9.17) is 0 Å². The molecule has 0 atom stereocenters. The maximum Gasteiger partial charge on any atom is 0.225 e. The minimum atomic E-state index is -0.0327. The summed E-state index contributed by atoms with van der Waals surface area (Å²) in [6, 6.07) is 13.1. The average molecular weight is 425 g/mol. The lowest BCUT2D eigenvalue weighted by Crippen LogP contribution is -2.32. The highest BCUT2D eigenvalue weighted by Crippen LogP contribution is 2.09. The van der Waals surface area contributed by atoms with Gasteiger partial charge in [-0.25, -0.2) is 0 Å². The number of nitrogens with one attached hydrogen (secondary N) is 2. The van der Waals surface area contributed by atoms with Crippen LogP contribution in [0.2, 0.25) is 0 Å². The van der Waals surface area contributed by atoms with Crippen LogP contribution in [0.3, 0.4) is 0 Å². The maximum absolute atomic E-state index is 12.3. The first-order chi connectivity index (χ1) is 15.2. The van der Waals surface area contributed by atoms with E-state index < -0.39 is 0 Å². The lowest BCUT2D eigenvalue weighted by Gasteiger charge is -2.22. The summed E-state index contributed by atoms with van der Waals surface area (Å²) < 4.78 is 0. The molecule has 0 aliphatic carbocycles. The summed E-state index contributed by atoms with van der Waals surface area (Å²) in [7, 11) is 0. The van der Waals surface area contributed by atoms with Crippen LogP contribution in [0, 0.1) is 0 Å². The van der Waals surface area contributed by atoms with Crippen molar-refractivity contribution >= 4 is 23.2 Å². The lowest BCUT2D eigenvalue weighted by atomic mass is 10.1. The van der Waals surface area contributed by atoms with Crippen molar-refractivity contribution in [2.75, 3.05) is 30.3 Å². The Hall–Kier alpha value is -2.73. The van der Waals surface area contributed by atoms with Crippen molar-refractivity contribution < 1.29 is 9.59 Å². The highest BCUT2D eigenvalue weighted by Gasteiger charge is 2.11. The molecule has 168 valence electrons. The quantitative estimate of drug-likeness (QED) is 0.390. The first-order valence-electron chi connectivity index (χ1n) is 11.4. The topological polar surface area (TPSA) is 74.3 Å². The number of hydrogen-bond acceptors (Lipinski definition) is 4. The Morgan fingerprint density at radius 2 is 1.39 bits per heavy atom. The summed E-state index contributed by atoms with van der Waals surface area (Å²) in [6.07, 6.45) is 11.5. The van der Waals surface area contributed by atoms with Crippen molar-refractivity contribution in [2.45, 2.75) is 58.3 Å². The Kier molecular flexibility index (Phi) is 12.0. The van der Waals surface area contributed by atoms with E-state index in [9.17, 15) is 9.59 Å². The van der Waals surface area contributed by atoms with Crippen LogP contribution in [0.15, 0.2) is 54.9 Å². The Morgan fingerprint density at radius 1 is 0.774 bits per heavy atom. The molecule has 6 heteroatoms. The van der Waals surface area contributed by atoms with Gasteiger partial charge in [0, 0.05) is 37.8 Å². The Bertz CT molecular complexity index is 695. The summed E-state index contributed by atoms with van der Waals surface area (Å²) in [5, 5.41) is 5.81. The SMILES string of the molecule is CCCCCCCCN(CCC(=O)Nc1ccccc1)CCC(=O)Nc1cccnc1. The molecule has 0 aliphatic heterocycles. The molecule has 31 heavy (non-hydrogen) atoms. The number of unbranched alkanes of at least 4 members (excludes halogenated alkanes) is 5. The number of nitrogens with zero attached hydrogens (tertiary/aromatic N) is 2. The molecule has 1 aromatic heterocycles. The van der Waals surface area contributed by atoms with Gasteiger partial charge >= 0.3 is 0 Å². The van der Waals surface area contributed by atoms with Gasteiger partial charge in [0.25, 0.3) is 0 Å². The van der Waals surface area contributed by atoms with E-state index >= 15 is 0 Å². The minimum Gasteiger partial charge on any atom is -0.326 e. The van der Waals surface area contributed by atoms with Crippen molar-refractivity contribution in [3.05, 3.63) is 54.9 Å². The van der Waals surface area contributed by atoms with Crippen LogP contribution in [-0.2, 0) is 9.59 Å². The number of anilines is 2. The molecule has 6 nitrogen and oxygen atoms in total. The second-order valence-corrected chi connectivity index (χ2v) is 7.81. The predicted octanol–water partition coefficient (Wildman–Crippen LogP) is 5.10. The average Bonchev–Trinajstić information content (AvgIpc) is 2.78. The largest absolute Gasteiger partial charge is 0.326 e. The monoisotopic (exact) mass is 424 g/mol. The zero-order valence-electron chi connectivity index (χ0n) is 18.7. The van der Waals surface area contributed by atoms with E-state index in [2.05, 4.69) is 27.4 Å². The van der Waals surface area contributed by atoms with Crippen molar-refractivity contribution in [2.24, 2.45) is 0 Å². The predicted molar refractivity (Wildman–Crippen MR) is 127 cm³/mol. The first-order valence-corrected chi connectivity index (χ1v) is 11.4. The molecule has 0 saturated heterocycles. The van der Waals surface area contributed by atoms with Crippen molar-refractivity contribution in [3.63, 3.8) is 0 Å². The Morgan fingerprint density at radius 3 is 2.03 bits per heavy atom. The van der Waals surface area contributed by atoms with Crippen molar-refractivity contribution in [3.8, 4) is 0 Å². The third kappa shape index (κ3) is 11.3. The van der Waals surface area contributed by atoms with Gasteiger partial charge in [0.05, 0.1) is 11.9 Å². The highest BCUT2D eigenvalue weighted by atomic mass is 16.2. The first kappa shape index (κ1) is 24.5. The van der Waals surface area contributed by atoms with Gasteiger partial charge in [-0.1, -0.05) is 57.2 Å². The normalized spacial score (nSPS) is 10.8. The standard InChI is InChI=1S/C25H36N4O2/c1-2-3-4-5-6-10-18-29(19-15-24(30)27-22-12-8-7-9-13-22)20-16-25(31)28-23-14-11-17-26-21-23/h7-9,11-14,17,21H,2-6,10,15-16,18-20H2,1H3,(H,27,30)(H,28,31). The molecular formula is C25H36N4O2. The Labute approximate surface area is 186 Å². The van der Waals surface area contributed by atoms with E-state index in [0.717, 1.165) is 18.7 Å². The fourth-order valence-corrected chi connectivity index (χ4v) is 3.38. The smallest absolute Gasteiger partial charge is 0.225 e. The molecule has 1 heterocycles. The summed E-state index contributed by atoms with van der Waals surface area (Å²) in [5.41, 5.74) is 1.52. The molecule has 0 saturated carbocycles. The van der Waals surface area contributed by atoms with Gasteiger partial charge < -0.3 is 15.5 Å². The van der Waals surface area contributed by atoms with Gasteiger partial charge in [0.1, 0.15) is 0 Å². The highest BCUT2D eigenvalue weighted by molar-refractivity contribution is 5.91. The number of pyridine rings is 1. The van der Waals surface area contributed by atoms with E-state index in [1.807, 2.05) is 36.4 Å². The molecule has 0 spiro atoms. The van der Waals surface area contributed by atoms with Gasteiger partial charge in [0.15, 0.2) is 0 Å². The third-order valence-corrected chi connectivity index (χ3v) is 5.14. The van der Waals surface area contributed by atoms with Gasteiger partial charge in [-0.2, -0.15) is 0 Å². The van der Waals surface area contributed by atoms with E-state index in [1.165, 1.54) is 32.1 Å². The molecule has 2 amide bonds. The van der Waals surface area contributed by atoms with Crippen LogP contribution in [0.25, 0.3) is 0 Å². The molecule has 0 unspecified atom stereocenters. The van der Waals surface area contributed by atoms with Gasteiger partial charge in [-0.3, -0.25) is 14.6 Å². The molecule has 0 radical (unpaired) electrons. The number of rotatable bonds is 15. The fraction of sp³-hybridized carbons (Fsp3) is 0.480. The number of carbonyl (C=O) groups excluding carboxylic acids is 2. The summed E-state index contributed by atoms with van der Waals surface area (Å²) in [4.78, 5) is 30.9. The van der Waals surface area contributed by atoms with E-state index in [0.29, 0.717) is 31.6 Å². The molecular weight excluding hydrogens is 388 g/mol. The van der Waals surface area contributed by atoms with Crippen molar-refractivity contribution in [1.82, 2.24) is 9.88 Å².